The molecule has 0 fully saturated rings. The monoisotopic (exact) mass is 259 g/mol. The highest BCUT2D eigenvalue weighted by Gasteiger charge is 2.25. The summed E-state index contributed by atoms with van der Waals surface area (Å²) in [4.78, 5) is 0. The average Bonchev–Trinajstić information content (AvgIpc) is 2.81. The van der Waals surface area contributed by atoms with Crippen molar-refractivity contribution >= 4 is 0 Å². The van der Waals surface area contributed by atoms with Gasteiger partial charge < -0.3 is 10.5 Å². The molecule has 0 aliphatic carbocycles. The van der Waals surface area contributed by atoms with Crippen molar-refractivity contribution in [3.05, 3.63) is 47.8 Å². The number of hydrogen-bond donors (Lipinski definition) is 1. The van der Waals surface area contributed by atoms with Crippen LogP contribution in [0.2, 0.25) is 0 Å². The van der Waals surface area contributed by atoms with Crippen molar-refractivity contribution in [3.63, 3.8) is 0 Å². The summed E-state index contributed by atoms with van der Waals surface area (Å²) in [6.45, 7) is 2.15. The summed E-state index contributed by atoms with van der Waals surface area (Å²) in [7, 11) is 3.55. The van der Waals surface area contributed by atoms with Crippen molar-refractivity contribution in [3.8, 4) is 5.75 Å². The minimum absolute atomic E-state index is 0.130. The lowest BCUT2D eigenvalue weighted by molar-refractivity contribution is 0.394. The Labute approximate surface area is 114 Å². The van der Waals surface area contributed by atoms with Crippen molar-refractivity contribution in [2.24, 2.45) is 12.8 Å². The van der Waals surface area contributed by atoms with E-state index in [1.807, 2.05) is 25.2 Å². The highest BCUT2D eigenvalue weighted by atomic mass is 16.5. The van der Waals surface area contributed by atoms with Gasteiger partial charge in [0.1, 0.15) is 0 Å². The highest BCUT2D eigenvalue weighted by molar-refractivity contribution is 5.32. The lowest BCUT2D eigenvalue weighted by atomic mass is 9.87. The van der Waals surface area contributed by atoms with Gasteiger partial charge in [-0.15, -0.1) is 0 Å². The van der Waals surface area contributed by atoms with Gasteiger partial charge in [0.2, 0.25) is 0 Å². The molecule has 2 atom stereocenters. The molecule has 4 heteroatoms. The lowest BCUT2D eigenvalue weighted by Gasteiger charge is -2.24. The van der Waals surface area contributed by atoms with E-state index < -0.39 is 0 Å². The fraction of sp³-hybridized carbons (Fsp3) is 0.400. The zero-order valence-corrected chi connectivity index (χ0v) is 11.7. The zero-order valence-electron chi connectivity index (χ0n) is 11.7. The molecule has 4 nitrogen and oxygen atoms in total. The standard InChI is InChI=1S/C15H21N3O/c1-4-12(11-8-6-5-7-9-11)14(16)15-13(19-3)10-17-18(15)2/h5-10,12,14H,4,16H2,1-3H3. The van der Waals surface area contributed by atoms with Crippen LogP contribution in [0, 0.1) is 0 Å². The van der Waals surface area contributed by atoms with Crippen LogP contribution in [0.5, 0.6) is 5.75 Å². The van der Waals surface area contributed by atoms with Crippen LogP contribution in [-0.4, -0.2) is 16.9 Å². The van der Waals surface area contributed by atoms with E-state index in [4.69, 9.17) is 10.5 Å². The van der Waals surface area contributed by atoms with Crippen LogP contribution in [0.1, 0.15) is 36.6 Å². The fourth-order valence-electron chi connectivity index (χ4n) is 2.55. The molecule has 0 saturated heterocycles. The van der Waals surface area contributed by atoms with E-state index in [1.165, 1.54) is 5.56 Å². The predicted molar refractivity (Wildman–Crippen MR) is 76.2 cm³/mol. The number of rotatable bonds is 5. The summed E-state index contributed by atoms with van der Waals surface area (Å²) >= 11 is 0. The number of hydrogen-bond acceptors (Lipinski definition) is 3. The second kappa shape index (κ2) is 5.89. The van der Waals surface area contributed by atoms with Gasteiger partial charge in [0.25, 0.3) is 0 Å². The Kier molecular flexibility index (Phi) is 4.22. The van der Waals surface area contributed by atoms with Crippen molar-refractivity contribution in [2.45, 2.75) is 25.3 Å². The highest BCUT2D eigenvalue weighted by Crippen LogP contribution is 2.35. The maximum atomic E-state index is 6.46. The van der Waals surface area contributed by atoms with E-state index in [2.05, 4.69) is 24.2 Å². The Morgan fingerprint density at radius 2 is 2.00 bits per heavy atom. The third-order valence-corrected chi connectivity index (χ3v) is 3.59. The zero-order chi connectivity index (χ0) is 13.8. The Balaban J connectivity index is 2.36. The van der Waals surface area contributed by atoms with Crippen molar-refractivity contribution in [1.29, 1.82) is 0 Å². The molecule has 0 aliphatic rings. The molecule has 0 amide bonds. The molecular formula is C15H21N3O. The summed E-state index contributed by atoms with van der Waals surface area (Å²) in [5, 5.41) is 4.23. The van der Waals surface area contributed by atoms with Gasteiger partial charge in [0.05, 0.1) is 25.0 Å². The van der Waals surface area contributed by atoms with Gasteiger partial charge in [0.15, 0.2) is 5.75 Å². The minimum Gasteiger partial charge on any atom is -0.493 e. The molecule has 0 radical (unpaired) electrons. The van der Waals surface area contributed by atoms with E-state index in [9.17, 15) is 0 Å². The number of nitrogens with zero attached hydrogens (tertiary/aromatic N) is 2. The number of methoxy groups -OCH3 is 1. The largest absolute Gasteiger partial charge is 0.493 e. The summed E-state index contributed by atoms with van der Waals surface area (Å²) in [5.74, 6) is 1.01. The molecule has 1 heterocycles. The van der Waals surface area contributed by atoms with Crippen LogP contribution >= 0.6 is 0 Å². The van der Waals surface area contributed by atoms with Crippen molar-refractivity contribution in [2.75, 3.05) is 7.11 Å². The molecule has 2 rings (SSSR count). The number of ether oxygens (including phenoxy) is 1. The van der Waals surface area contributed by atoms with Gasteiger partial charge in [-0.1, -0.05) is 37.3 Å². The summed E-state index contributed by atoms with van der Waals surface area (Å²) < 4.78 is 7.16. The first-order valence-electron chi connectivity index (χ1n) is 6.55. The van der Waals surface area contributed by atoms with Crippen LogP contribution in [0.15, 0.2) is 36.5 Å². The predicted octanol–water partition coefficient (Wildman–Crippen LogP) is 2.62. The van der Waals surface area contributed by atoms with Crippen LogP contribution in [-0.2, 0) is 7.05 Å². The molecule has 2 aromatic rings. The quantitative estimate of drug-likeness (QED) is 0.898. The Bertz CT molecular complexity index is 521. The lowest BCUT2D eigenvalue weighted by Crippen LogP contribution is -2.22. The molecule has 1 aromatic heterocycles. The number of benzene rings is 1. The van der Waals surface area contributed by atoms with E-state index in [1.54, 1.807) is 18.0 Å². The first-order chi connectivity index (χ1) is 9.19. The molecular weight excluding hydrogens is 238 g/mol. The third kappa shape index (κ3) is 2.63. The topological polar surface area (TPSA) is 53.1 Å². The SMILES string of the molecule is CCC(c1ccccc1)C(N)c1c(OC)cnn1C. The Morgan fingerprint density at radius 3 is 2.58 bits per heavy atom. The molecule has 2 N–H and O–H groups in total. The molecule has 19 heavy (non-hydrogen) atoms. The minimum atomic E-state index is -0.130. The van der Waals surface area contributed by atoms with Gasteiger partial charge in [-0.3, -0.25) is 4.68 Å². The van der Waals surface area contributed by atoms with Crippen LogP contribution < -0.4 is 10.5 Å². The van der Waals surface area contributed by atoms with Crippen molar-refractivity contribution < 1.29 is 4.74 Å². The fourth-order valence-corrected chi connectivity index (χ4v) is 2.55. The summed E-state index contributed by atoms with van der Waals surface area (Å²) in [5.41, 5.74) is 8.66. The van der Waals surface area contributed by atoms with E-state index in [-0.39, 0.29) is 12.0 Å². The maximum absolute atomic E-state index is 6.46. The number of aromatic nitrogens is 2. The molecule has 0 saturated carbocycles. The molecule has 2 unspecified atom stereocenters. The smallest absolute Gasteiger partial charge is 0.161 e. The Morgan fingerprint density at radius 1 is 1.32 bits per heavy atom. The van der Waals surface area contributed by atoms with Gasteiger partial charge in [0, 0.05) is 13.0 Å². The van der Waals surface area contributed by atoms with Gasteiger partial charge in [-0.05, 0) is 12.0 Å². The van der Waals surface area contributed by atoms with Gasteiger partial charge >= 0.3 is 0 Å². The van der Waals surface area contributed by atoms with Crippen LogP contribution in [0.4, 0.5) is 0 Å². The van der Waals surface area contributed by atoms with Gasteiger partial charge in [-0.25, -0.2) is 0 Å². The number of aryl methyl sites for hydroxylation is 1. The molecule has 0 bridgehead atoms. The molecule has 0 spiro atoms. The third-order valence-electron chi connectivity index (χ3n) is 3.59. The van der Waals surface area contributed by atoms with Crippen LogP contribution in [0.25, 0.3) is 0 Å². The normalized spacial score (nSPS) is 14.1. The average molecular weight is 259 g/mol. The number of nitrogens with two attached hydrogens (primary N) is 1. The maximum Gasteiger partial charge on any atom is 0.161 e. The molecule has 1 aromatic carbocycles. The second-order valence-corrected chi connectivity index (χ2v) is 4.67. The Hall–Kier alpha value is -1.81. The first-order valence-corrected chi connectivity index (χ1v) is 6.55. The second-order valence-electron chi connectivity index (χ2n) is 4.67. The van der Waals surface area contributed by atoms with Crippen molar-refractivity contribution in [1.82, 2.24) is 9.78 Å². The summed E-state index contributed by atoms with van der Waals surface area (Å²) in [6.07, 6.45) is 2.69. The molecule has 102 valence electrons. The van der Waals surface area contributed by atoms with Crippen LogP contribution in [0.3, 0.4) is 0 Å². The van der Waals surface area contributed by atoms with E-state index in [0.717, 1.165) is 17.9 Å². The summed E-state index contributed by atoms with van der Waals surface area (Å²) in [6, 6.07) is 10.2. The van der Waals surface area contributed by atoms with E-state index >= 15 is 0 Å². The van der Waals surface area contributed by atoms with Gasteiger partial charge in [-0.2, -0.15) is 5.10 Å². The molecule has 0 aliphatic heterocycles. The first kappa shape index (κ1) is 13.6. The van der Waals surface area contributed by atoms with E-state index in [0.29, 0.717) is 0 Å².